The van der Waals surface area contributed by atoms with Gasteiger partial charge in [0.2, 0.25) is 17.3 Å². The molecule has 0 amide bonds. The normalized spacial score (nSPS) is 13.1. The molecule has 0 aliphatic heterocycles. The number of H-pyrrole nitrogens is 1. The lowest BCUT2D eigenvalue weighted by atomic mass is 10.3. The number of fused-ring (bicyclic) bond motifs is 1. The maximum Gasteiger partial charge on any atom is 0.294 e. The van der Waals surface area contributed by atoms with Crippen molar-refractivity contribution in [3.05, 3.63) is 6.33 Å². The van der Waals surface area contributed by atoms with E-state index in [4.69, 9.17) is 10.8 Å². The van der Waals surface area contributed by atoms with Gasteiger partial charge in [-0.3, -0.25) is 0 Å². The van der Waals surface area contributed by atoms with E-state index in [0.717, 1.165) is 5.16 Å². The molecule has 8 heteroatoms. The highest BCUT2D eigenvalue weighted by Gasteiger charge is 2.19. The largest absolute Gasteiger partial charge is 0.394 e. The smallest absolute Gasteiger partial charge is 0.294 e. The van der Waals surface area contributed by atoms with E-state index in [1.165, 1.54) is 18.1 Å². The fourth-order valence-electron chi connectivity index (χ4n) is 1.50. The lowest BCUT2D eigenvalue weighted by molar-refractivity contribution is -0.683. The van der Waals surface area contributed by atoms with Crippen LogP contribution in [-0.2, 0) is 6.54 Å². The van der Waals surface area contributed by atoms with Crippen LogP contribution in [-0.4, -0.2) is 44.1 Å². The van der Waals surface area contributed by atoms with Crippen molar-refractivity contribution in [3.63, 3.8) is 0 Å². The molecule has 0 fully saturated rings. The van der Waals surface area contributed by atoms with Gasteiger partial charge in [-0.15, -0.1) is 0 Å². The van der Waals surface area contributed by atoms with Gasteiger partial charge in [0.15, 0.2) is 5.52 Å². The molecule has 0 spiro atoms. The third-order valence-electron chi connectivity index (χ3n) is 2.34. The summed E-state index contributed by atoms with van der Waals surface area (Å²) in [5.41, 5.74) is 7.00. The third kappa shape index (κ3) is 2.33. The Bertz CT molecular complexity index is 529. The topological polar surface area (TPSA) is 112 Å². The second kappa shape index (κ2) is 4.86. The lowest BCUT2D eigenvalue weighted by Crippen LogP contribution is -2.42. The van der Waals surface area contributed by atoms with Crippen LogP contribution in [0.1, 0.15) is 0 Å². The molecule has 0 saturated carbocycles. The van der Waals surface area contributed by atoms with Crippen LogP contribution in [0.3, 0.4) is 0 Å². The average molecular weight is 256 g/mol. The first-order valence-corrected chi connectivity index (χ1v) is 6.24. The van der Waals surface area contributed by atoms with Crippen molar-refractivity contribution in [3.8, 4) is 0 Å². The van der Waals surface area contributed by atoms with Gasteiger partial charge in [0.05, 0.1) is 13.2 Å². The quantitative estimate of drug-likeness (QED) is 0.408. The molecule has 5 N–H and O–H groups in total. The second-order valence-corrected chi connectivity index (χ2v) is 4.36. The lowest BCUT2D eigenvalue weighted by Gasteiger charge is -2.05. The number of aromatic nitrogens is 4. The minimum absolute atomic E-state index is 0.221. The SMILES string of the molecule is CSc1nc2c([nH]1)c(N)nc[n+]2C[C@H](O)CO. The van der Waals surface area contributed by atoms with Crippen molar-refractivity contribution < 1.29 is 14.8 Å². The summed E-state index contributed by atoms with van der Waals surface area (Å²) in [7, 11) is 0. The summed E-state index contributed by atoms with van der Waals surface area (Å²) in [5, 5.41) is 19.0. The number of hydrogen-bond acceptors (Lipinski definition) is 6. The maximum atomic E-state index is 9.43. The minimum atomic E-state index is -0.844. The van der Waals surface area contributed by atoms with E-state index in [2.05, 4.69) is 15.0 Å². The first-order chi connectivity index (χ1) is 8.15. The molecule has 2 aromatic rings. The van der Waals surface area contributed by atoms with Gasteiger partial charge in [-0.05, 0) is 6.26 Å². The number of aromatic amines is 1. The standard InChI is InChI=1S/C9H13N5O2S/c1-17-9-12-6-7(10)11-4-14(8(6)13-9)2-5(16)3-15/h4-5,15-16H,2-3H2,1H3,(H2,10,12,13)/p+1/t5-/m0/s1. The van der Waals surface area contributed by atoms with Crippen molar-refractivity contribution in [2.75, 3.05) is 18.6 Å². The van der Waals surface area contributed by atoms with E-state index in [1.54, 1.807) is 4.57 Å². The maximum absolute atomic E-state index is 9.43. The summed E-state index contributed by atoms with van der Waals surface area (Å²) in [5.74, 6) is 0.363. The van der Waals surface area contributed by atoms with Crippen LogP contribution in [0.5, 0.6) is 0 Å². The molecule has 0 unspecified atom stereocenters. The number of anilines is 1. The van der Waals surface area contributed by atoms with Crippen molar-refractivity contribution >= 4 is 28.7 Å². The number of nitrogens with two attached hydrogens (primary N) is 1. The molecule has 2 rings (SSSR count). The summed E-state index contributed by atoms with van der Waals surface area (Å²) in [4.78, 5) is 11.4. The molecular formula is C9H14N5O2S+. The number of aliphatic hydroxyl groups excluding tert-OH is 2. The van der Waals surface area contributed by atoms with Gasteiger partial charge in [0, 0.05) is 0 Å². The number of hydrogen-bond donors (Lipinski definition) is 4. The van der Waals surface area contributed by atoms with E-state index in [0.29, 0.717) is 17.0 Å². The van der Waals surface area contributed by atoms with E-state index >= 15 is 0 Å². The molecule has 0 aliphatic rings. The van der Waals surface area contributed by atoms with Crippen LogP contribution in [0.4, 0.5) is 5.82 Å². The van der Waals surface area contributed by atoms with Gasteiger partial charge < -0.3 is 20.9 Å². The summed E-state index contributed by atoms with van der Waals surface area (Å²) < 4.78 is 1.66. The molecule has 0 aliphatic carbocycles. The zero-order chi connectivity index (χ0) is 12.4. The Morgan fingerprint density at radius 3 is 3.06 bits per heavy atom. The Hall–Kier alpha value is -1.38. The van der Waals surface area contributed by atoms with Crippen LogP contribution in [0, 0.1) is 0 Å². The Morgan fingerprint density at radius 1 is 1.65 bits per heavy atom. The number of thioether (sulfide) groups is 1. The van der Waals surface area contributed by atoms with Gasteiger partial charge in [0.25, 0.3) is 5.65 Å². The molecule has 2 heterocycles. The van der Waals surface area contributed by atoms with Gasteiger partial charge in [-0.25, -0.2) is 4.57 Å². The molecule has 0 radical (unpaired) electrons. The van der Waals surface area contributed by atoms with E-state index in [1.807, 2.05) is 6.26 Å². The molecule has 0 saturated heterocycles. The van der Waals surface area contributed by atoms with E-state index in [-0.39, 0.29) is 13.2 Å². The number of aliphatic hydroxyl groups is 2. The summed E-state index contributed by atoms with van der Waals surface area (Å²) in [6, 6.07) is 0. The average Bonchev–Trinajstić information content (AvgIpc) is 2.77. The van der Waals surface area contributed by atoms with Crippen molar-refractivity contribution in [2.24, 2.45) is 0 Å². The van der Waals surface area contributed by atoms with Crippen LogP contribution in [0.2, 0.25) is 0 Å². The summed E-state index contributed by atoms with van der Waals surface area (Å²) >= 11 is 1.46. The zero-order valence-electron chi connectivity index (χ0n) is 9.29. The van der Waals surface area contributed by atoms with Crippen molar-refractivity contribution in [1.82, 2.24) is 15.0 Å². The van der Waals surface area contributed by atoms with Crippen LogP contribution < -0.4 is 10.3 Å². The summed E-state index contributed by atoms with van der Waals surface area (Å²) in [6.45, 7) is -0.0857. The number of nitrogen functional groups attached to an aromatic ring is 1. The molecular weight excluding hydrogens is 242 g/mol. The fourth-order valence-corrected chi connectivity index (χ4v) is 1.88. The minimum Gasteiger partial charge on any atom is -0.394 e. The molecule has 0 bridgehead atoms. The Kier molecular flexibility index (Phi) is 3.46. The molecule has 2 aromatic heterocycles. The molecule has 1 atom stereocenters. The van der Waals surface area contributed by atoms with Gasteiger partial charge in [0.1, 0.15) is 6.10 Å². The van der Waals surface area contributed by atoms with Crippen LogP contribution in [0.15, 0.2) is 11.5 Å². The monoisotopic (exact) mass is 256 g/mol. The predicted molar refractivity (Wildman–Crippen MR) is 63.4 cm³/mol. The first kappa shape index (κ1) is 12.1. The van der Waals surface area contributed by atoms with Crippen LogP contribution >= 0.6 is 11.8 Å². The third-order valence-corrected chi connectivity index (χ3v) is 2.92. The Balaban J connectivity index is 2.49. The highest BCUT2D eigenvalue weighted by atomic mass is 32.2. The number of nitrogens with one attached hydrogen (secondary N) is 1. The highest BCUT2D eigenvalue weighted by molar-refractivity contribution is 7.98. The predicted octanol–water partition coefficient (Wildman–Crippen LogP) is -1.10. The zero-order valence-corrected chi connectivity index (χ0v) is 10.1. The van der Waals surface area contributed by atoms with Crippen LogP contribution in [0.25, 0.3) is 11.2 Å². The first-order valence-electron chi connectivity index (χ1n) is 5.02. The highest BCUT2D eigenvalue weighted by Crippen LogP contribution is 2.17. The molecule has 7 nitrogen and oxygen atoms in total. The number of imidazole rings is 1. The summed E-state index contributed by atoms with van der Waals surface area (Å²) in [6.07, 6.45) is 2.55. The van der Waals surface area contributed by atoms with Crippen molar-refractivity contribution in [2.45, 2.75) is 17.8 Å². The van der Waals surface area contributed by atoms with Gasteiger partial charge in [-0.1, -0.05) is 21.7 Å². The molecule has 0 aromatic carbocycles. The molecule has 92 valence electrons. The van der Waals surface area contributed by atoms with Gasteiger partial charge >= 0.3 is 0 Å². The van der Waals surface area contributed by atoms with E-state index < -0.39 is 6.10 Å². The van der Waals surface area contributed by atoms with Crippen molar-refractivity contribution in [1.29, 1.82) is 0 Å². The number of nitrogens with zero attached hydrogens (tertiary/aromatic N) is 3. The molecule has 17 heavy (non-hydrogen) atoms. The second-order valence-electron chi connectivity index (χ2n) is 3.56. The fraction of sp³-hybridized carbons (Fsp3) is 0.444. The van der Waals surface area contributed by atoms with E-state index in [9.17, 15) is 5.11 Å². The Labute approximate surface area is 102 Å². The number of rotatable bonds is 4. The van der Waals surface area contributed by atoms with Gasteiger partial charge in [-0.2, -0.15) is 0 Å². The Morgan fingerprint density at radius 2 is 2.41 bits per heavy atom.